The molecule has 0 bridgehead atoms. The molecule has 0 N–H and O–H groups in total. The number of pyridine rings is 1. The van der Waals surface area contributed by atoms with E-state index in [1.54, 1.807) is 18.8 Å². The topological polar surface area (TPSA) is 49.7 Å². The molecule has 0 radical (unpaired) electrons. The van der Waals surface area contributed by atoms with Crippen molar-refractivity contribution in [3.63, 3.8) is 0 Å². The number of benzene rings is 3. The molecule has 0 fully saturated rings. The number of aromatic nitrogens is 1. The number of hydrogen-bond acceptors (Lipinski definition) is 4. The van der Waals surface area contributed by atoms with Crippen LogP contribution < -0.4 is 15.0 Å². The van der Waals surface area contributed by atoms with Crippen LogP contribution >= 0.6 is 15.9 Å². The third-order valence-electron chi connectivity index (χ3n) is 5.34. The molecule has 4 rings (SSSR count). The average molecular weight is 494 g/mol. The van der Waals surface area contributed by atoms with E-state index in [9.17, 15) is 4.79 Å². The summed E-state index contributed by atoms with van der Waals surface area (Å²) in [5.41, 5.74) is 3.54. The van der Waals surface area contributed by atoms with E-state index < -0.39 is 0 Å². The highest BCUT2D eigenvalue weighted by Gasteiger charge is 2.20. The van der Waals surface area contributed by atoms with E-state index in [-0.39, 0.29) is 12.4 Å². The predicted octanol–water partition coefficient (Wildman–Crippen LogP) is 5.78. The maximum atomic E-state index is 13.7. The van der Waals surface area contributed by atoms with Gasteiger partial charge < -0.3 is 18.8 Å². The van der Waals surface area contributed by atoms with E-state index in [4.69, 9.17) is 14.2 Å². The summed E-state index contributed by atoms with van der Waals surface area (Å²) in [6.07, 6.45) is 0. The molecule has 3 aromatic carbocycles. The Morgan fingerprint density at radius 2 is 1.69 bits per heavy atom. The van der Waals surface area contributed by atoms with Crippen molar-refractivity contribution < 1.29 is 14.2 Å². The first-order chi connectivity index (χ1) is 15.5. The number of nitrogens with zero attached hydrogens (tertiary/aromatic N) is 1. The molecule has 1 heterocycles. The van der Waals surface area contributed by atoms with Gasteiger partial charge in [-0.05, 0) is 58.7 Å². The third-order valence-corrected chi connectivity index (χ3v) is 6.14. The van der Waals surface area contributed by atoms with Gasteiger partial charge >= 0.3 is 0 Å². The maximum absolute atomic E-state index is 13.7. The third kappa shape index (κ3) is 4.29. The summed E-state index contributed by atoms with van der Waals surface area (Å²) in [5.74, 6) is 1.42. The number of ether oxygens (including phenoxy) is 3. The Hall–Kier alpha value is -3.09. The summed E-state index contributed by atoms with van der Waals surface area (Å²) in [7, 11) is 3.22. The molecule has 0 spiro atoms. The fourth-order valence-corrected chi connectivity index (χ4v) is 4.53. The standard InChI is InChI=1S/C26H24BrNO4/c1-17-8-13-20-22(14-17)26(29)28(15-18-9-11-19(31-3)12-10-18)25(24(20)27)21-6-4-5-7-23(21)32-16-30-2/h4-14H,15-16H2,1-3H3. The average Bonchev–Trinajstić information content (AvgIpc) is 2.82. The van der Waals surface area contributed by atoms with Crippen LogP contribution in [-0.4, -0.2) is 25.6 Å². The van der Waals surface area contributed by atoms with Crippen LogP contribution in [0.2, 0.25) is 0 Å². The lowest BCUT2D eigenvalue weighted by Crippen LogP contribution is -2.23. The van der Waals surface area contributed by atoms with Crippen LogP contribution in [0.4, 0.5) is 0 Å². The summed E-state index contributed by atoms with van der Waals surface area (Å²) in [4.78, 5) is 13.7. The zero-order chi connectivity index (χ0) is 22.7. The van der Waals surface area contributed by atoms with Crippen LogP contribution in [0, 0.1) is 6.92 Å². The van der Waals surface area contributed by atoms with Crippen molar-refractivity contribution in [3.05, 3.63) is 92.7 Å². The van der Waals surface area contributed by atoms with Crippen molar-refractivity contribution in [3.8, 4) is 22.8 Å². The van der Waals surface area contributed by atoms with Crippen LogP contribution in [0.3, 0.4) is 0 Å². The first-order valence-corrected chi connectivity index (χ1v) is 11.0. The molecule has 6 heteroatoms. The molecular weight excluding hydrogens is 470 g/mol. The zero-order valence-corrected chi connectivity index (χ0v) is 19.8. The van der Waals surface area contributed by atoms with Gasteiger partial charge in [0.05, 0.1) is 23.8 Å². The highest BCUT2D eigenvalue weighted by Crippen LogP contribution is 2.38. The fourth-order valence-electron chi connectivity index (χ4n) is 3.76. The van der Waals surface area contributed by atoms with Gasteiger partial charge in [-0.25, -0.2) is 0 Å². The summed E-state index contributed by atoms with van der Waals surface area (Å²) < 4.78 is 18.8. The number of methoxy groups -OCH3 is 2. The van der Waals surface area contributed by atoms with Gasteiger partial charge in [-0.1, -0.05) is 42.0 Å². The first kappa shape index (κ1) is 22.1. The van der Waals surface area contributed by atoms with E-state index in [0.717, 1.165) is 38.0 Å². The second-order valence-corrected chi connectivity index (χ2v) is 8.29. The van der Waals surface area contributed by atoms with E-state index in [1.807, 2.05) is 73.7 Å². The van der Waals surface area contributed by atoms with Crippen molar-refractivity contribution in [2.45, 2.75) is 13.5 Å². The summed E-state index contributed by atoms with van der Waals surface area (Å²) in [6.45, 7) is 2.51. The molecule has 0 aliphatic rings. The Morgan fingerprint density at radius 1 is 0.938 bits per heavy atom. The summed E-state index contributed by atoms with van der Waals surface area (Å²) >= 11 is 3.80. The molecule has 0 unspecified atom stereocenters. The van der Waals surface area contributed by atoms with Crippen molar-refractivity contribution in [1.29, 1.82) is 0 Å². The number of hydrogen-bond donors (Lipinski definition) is 0. The van der Waals surface area contributed by atoms with Gasteiger partial charge in [0.2, 0.25) is 0 Å². The number of para-hydroxylation sites is 1. The van der Waals surface area contributed by atoms with Crippen LogP contribution in [0.15, 0.2) is 76.0 Å². The molecule has 0 saturated carbocycles. The summed E-state index contributed by atoms with van der Waals surface area (Å²) in [6, 6.07) is 21.3. The minimum Gasteiger partial charge on any atom is -0.497 e. The molecule has 0 amide bonds. The van der Waals surface area contributed by atoms with Gasteiger partial charge in [-0.15, -0.1) is 0 Å². The van der Waals surface area contributed by atoms with Crippen molar-refractivity contribution >= 4 is 26.7 Å². The van der Waals surface area contributed by atoms with Crippen LogP contribution in [-0.2, 0) is 11.3 Å². The molecule has 32 heavy (non-hydrogen) atoms. The zero-order valence-electron chi connectivity index (χ0n) is 18.2. The molecule has 0 aliphatic heterocycles. The van der Waals surface area contributed by atoms with E-state index in [1.165, 1.54) is 0 Å². The van der Waals surface area contributed by atoms with Gasteiger partial charge in [0.15, 0.2) is 6.79 Å². The highest BCUT2D eigenvalue weighted by atomic mass is 79.9. The second-order valence-electron chi connectivity index (χ2n) is 7.50. The van der Waals surface area contributed by atoms with E-state index >= 15 is 0 Å². The van der Waals surface area contributed by atoms with Gasteiger partial charge in [-0.3, -0.25) is 4.79 Å². The van der Waals surface area contributed by atoms with Gasteiger partial charge in [0, 0.05) is 23.4 Å². The molecule has 0 aliphatic carbocycles. The van der Waals surface area contributed by atoms with Crippen LogP contribution in [0.25, 0.3) is 22.0 Å². The Balaban J connectivity index is 1.98. The molecule has 1 aromatic heterocycles. The Labute approximate surface area is 195 Å². The largest absolute Gasteiger partial charge is 0.497 e. The van der Waals surface area contributed by atoms with Gasteiger partial charge in [0.25, 0.3) is 5.56 Å². The van der Waals surface area contributed by atoms with Crippen molar-refractivity contribution in [2.24, 2.45) is 0 Å². The van der Waals surface area contributed by atoms with Gasteiger partial charge in [0.1, 0.15) is 11.5 Å². The predicted molar refractivity (Wildman–Crippen MR) is 131 cm³/mol. The minimum atomic E-state index is -0.0562. The molecule has 5 nitrogen and oxygen atoms in total. The Bertz CT molecular complexity index is 1310. The lowest BCUT2D eigenvalue weighted by molar-refractivity contribution is 0.0515. The fraction of sp³-hybridized carbons (Fsp3) is 0.192. The Kier molecular flexibility index (Phi) is 6.63. The smallest absolute Gasteiger partial charge is 0.259 e. The van der Waals surface area contributed by atoms with Crippen molar-refractivity contribution in [1.82, 2.24) is 4.57 Å². The minimum absolute atomic E-state index is 0.0562. The highest BCUT2D eigenvalue weighted by molar-refractivity contribution is 9.10. The first-order valence-electron chi connectivity index (χ1n) is 10.2. The molecule has 0 atom stereocenters. The summed E-state index contributed by atoms with van der Waals surface area (Å²) in [5, 5.41) is 1.53. The van der Waals surface area contributed by atoms with Crippen LogP contribution in [0.1, 0.15) is 11.1 Å². The number of aryl methyl sites for hydroxylation is 1. The second kappa shape index (κ2) is 9.59. The lowest BCUT2D eigenvalue weighted by Gasteiger charge is -2.20. The molecule has 0 saturated heterocycles. The Morgan fingerprint density at radius 3 is 2.41 bits per heavy atom. The number of fused-ring (bicyclic) bond motifs is 1. The SMILES string of the molecule is COCOc1ccccc1-c1c(Br)c2ccc(C)cc2c(=O)n1Cc1ccc(OC)cc1. The molecular formula is C26H24BrNO4. The number of rotatable bonds is 7. The molecule has 164 valence electrons. The lowest BCUT2D eigenvalue weighted by atomic mass is 10.0. The number of halogens is 1. The quantitative estimate of drug-likeness (QED) is 0.306. The normalized spacial score (nSPS) is 11.0. The molecule has 4 aromatic rings. The van der Waals surface area contributed by atoms with Crippen molar-refractivity contribution in [2.75, 3.05) is 21.0 Å². The van der Waals surface area contributed by atoms with Crippen LogP contribution in [0.5, 0.6) is 11.5 Å². The van der Waals surface area contributed by atoms with E-state index in [2.05, 4.69) is 15.9 Å². The van der Waals surface area contributed by atoms with Gasteiger partial charge in [-0.2, -0.15) is 0 Å². The maximum Gasteiger partial charge on any atom is 0.259 e. The monoisotopic (exact) mass is 493 g/mol. The van der Waals surface area contributed by atoms with E-state index in [0.29, 0.717) is 17.7 Å².